The summed E-state index contributed by atoms with van der Waals surface area (Å²) >= 11 is 0. The summed E-state index contributed by atoms with van der Waals surface area (Å²) < 4.78 is 0.846. The van der Waals surface area contributed by atoms with E-state index in [0.717, 1.165) is 10.1 Å². The van der Waals surface area contributed by atoms with Crippen LogP contribution in [0.15, 0.2) is 64.2 Å². The Bertz CT molecular complexity index is 1130. The fraction of sp³-hybridized carbons (Fsp3) is 0.200. The Morgan fingerprint density at radius 2 is 1.71 bits per heavy atom. The summed E-state index contributed by atoms with van der Waals surface area (Å²) in [5, 5.41) is 11.7. The Kier molecular flexibility index (Phi) is 5.39. The summed E-state index contributed by atoms with van der Waals surface area (Å²) in [7, 11) is 0. The number of aromatic nitrogens is 2. The van der Waals surface area contributed by atoms with Crippen molar-refractivity contribution >= 4 is 22.8 Å². The van der Waals surface area contributed by atoms with E-state index in [0.29, 0.717) is 5.52 Å². The first-order valence-electron chi connectivity index (χ1n) is 8.69. The second-order valence-electron chi connectivity index (χ2n) is 6.42. The molecule has 2 atom stereocenters. The maximum atomic E-state index is 13.0. The highest BCUT2D eigenvalue weighted by molar-refractivity contribution is 5.86. The molecule has 0 saturated heterocycles. The van der Waals surface area contributed by atoms with Gasteiger partial charge in [0.25, 0.3) is 5.56 Å². The number of carbonyl (C=O) groups excluding carboxylic acids is 1. The first kappa shape index (κ1) is 19.1. The first-order chi connectivity index (χ1) is 13.4. The lowest BCUT2D eigenvalue weighted by molar-refractivity contribution is -0.141. The third kappa shape index (κ3) is 3.85. The number of carboxylic acids is 1. The summed E-state index contributed by atoms with van der Waals surface area (Å²) in [4.78, 5) is 52.1. The molecular formula is C20H19N3O5. The molecule has 1 aromatic heterocycles. The second kappa shape index (κ2) is 7.91. The van der Waals surface area contributed by atoms with Crippen LogP contribution in [0.3, 0.4) is 0 Å². The highest BCUT2D eigenvalue weighted by Gasteiger charge is 2.27. The van der Waals surface area contributed by atoms with Crippen molar-refractivity contribution in [3.05, 3.63) is 81.0 Å². The number of H-pyrrole nitrogens is 1. The van der Waals surface area contributed by atoms with Crippen molar-refractivity contribution in [3.8, 4) is 0 Å². The predicted molar refractivity (Wildman–Crippen MR) is 103 cm³/mol. The molecule has 0 aliphatic rings. The Morgan fingerprint density at radius 1 is 1.07 bits per heavy atom. The molecule has 0 fully saturated rings. The van der Waals surface area contributed by atoms with Gasteiger partial charge < -0.3 is 15.4 Å². The number of para-hydroxylation sites is 1. The summed E-state index contributed by atoms with van der Waals surface area (Å²) in [6, 6.07) is 13.0. The van der Waals surface area contributed by atoms with Crippen molar-refractivity contribution < 1.29 is 14.7 Å². The second-order valence-corrected chi connectivity index (χ2v) is 6.42. The molecule has 3 N–H and O–H groups in total. The number of carbonyl (C=O) groups is 2. The fourth-order valence-corrected chi connectivity index (χ4v) is 2.97. The molecule has 0 saturated carbocycles. The van der Waals surface area contributed by atoms with Gasteiger partial charge in [0.1, 0.15) is 12.1 Å². The van der Waals surface area contributed by atoms with Gasteiger partial charge in [-0.1, -0.05) is 42.5 Å². The van der Waals surface area contributed by atoms with Crippen LogP contribution in [0, 0.1) is 0 Å². The fourth-order valence-electron chi connectivity index (χ4n) is 2.97. The van der Waals surface area contributed by atoms with Gasteiger partial charge in [-0.2, -0.15) is 0 Å². The zero-order chi connectivity index (χ0) is 20.3. The molecule has 1 heterocycles. The SMILES string of the molecule is CC(NC(=O)C(Cc1ccccc1)n1c(=O)[nH]c2ccccc2c1=O)C(=O)O. The van der Waals surface area contributed by atoms with Gasteiger partial charge in [-0.25, -0.2) is 9.36 Å². The monoisotopic (exact) mass is 381 g/mol. The van der Waals surface area contributed by atoms with Gasteiger partial charge in [-0.05, 0) is 24.6 Å². The minimum absolute atomic E-state index is 0.0559. The normalized spacial score (nSPS) is 13.0. The third-order valence-corrected chi connectivity index (χ3v) is 4.45. The molecule has 0 aliphatic carbocycles. The lowest BCUT2D eigenvalue weighted by Gasteiger charge is -2.20. The molecule has 144 valence electrons. The molecule has 0 bridgehead atoms. The molecule has 28 heavy (non-hydrogen) atoms. The van der Waals surface area contributed by atoms with Crippen LogP contribution < -0.4 is 16.6 Å². The van der Waals surface area contributed by atoms with Gasteiger partial charge in [0, 0.05) is 6.42 Å². The number of amides is 1. The number of fused-ring (bicyclic) bond motifs is 1. The molecule has 0 spiro atoms. The van der Waals surface area contributed by atoms with Gasteiger partial charge in [0.2, 0.25) is 5.91 Å². The van der Waals surface area contributed by atoms with Crippen molar-refractivity contribution in [1.29, 1.82) is 0 Å². The van der Waals surface area contributed by atoms with Gasteiger partial charge >= 0.3 is 11.7 Å². The van der Waals surface area contributed by atoms with Crippen LogP contribution in [0.5, 0.6) is 0 Å². The Balaban J connectivity index is 2.12. The topological polar surface area (TPSA) is 121 Å². The van der Waals surface area contributed by atoms with E-state index in [-0.39, 0.29) is 11.8 Å². The largest absolute Gasteiger partial charge is 0.480 e. The quantitative estimate of drug-likeness (QED) is 0.590. The van der Waals surface area contributed by atoms with Gasteiger partial charge in [-0.15, -0.1) is 0 Å². The molecule has 0 aliphatic heterocycles. The maximum absolute atomic E-state index is 13.0. The van der Waals surface area contributed by atoms with Crippen LogP contribution in [0.4, 0.5) is 0 Å². The number of carboxylic acid groups (broad SMARTS) is 1. The number of benzene rings is 2. The lowest BCUT2D eigenvalue weighted by Crippen LogP contribution is -2.48. The Hall–Kier alpha value is -3.68. The van der Waals surface area contributed by atoms with Crippen LogP contribution >= 0.6 is 0 Å². The van der Waals surface area contributed by atoms with Crippen molar-refractivity contribution in [1.82, 2.24) is 14.9 Å². The summed E-state index contributed by atoms with van der Waals surface area (Å²) in [6.07, 6.45) is 0.0559. The van der Waals surface area contributed by atoms with Crippen LogP contribution in [-0.2, 0) is 16.0 Å². The third-order valence-electron chi connectivity index (χ3n) is 4.45. The molecule has 3 aromatic rings. The number of nitrogens with zero attached hydrogens (tertiary/aromatic N) is 1. The van der Waals surface area contributed by atoms with E-state index < -0.39 is 35.2 Å². The number of aromatic amines is 1. The molecule has 3 rings (SSSR count). The van der Waals surface area contributed by atoms with E-state index in [1.807, 2.05) is 0 Å². The van der Waals surface area contributed by atoms with Gasteiger partial charge in [0.15, 0.2) is 0 Å². The first-order valence-corrected chi connectivity index (χ1v) is 8.69. The number of hydrogen-bond donors (Lipinski definition) is 3. The lowest BCUT2D eigenvalue weighted by atomic mass is 10.0. The van der Waals surface area contributed by atoms with Crippen molar-refractivity contribution in [3.63, 3.8) is 0 Å². The number of aliphatic carboxylic acids is 1. The van der Waals surface area contributed by atoms with E-state index >= 15 is 0 Å². The van der Waals surface area contributed by atoms with Crippen LogP contribution in [0.25, 0.3) is 10.9 Å². The highest BCUT2D eigenvalue weighted by atomic mass is 16.4. The standard InChI is InChI=1S/C20H19N3O5/c1-12(19(26)27)21-17(24)16(11-13-7-3-2-4-8-13)23-18(25)14-9-5-6-10-15(14)22-20(23)28/h2-10,12,16H,11H2,1H3,(H,21,24)(H,22,28)(H,26,27). The number of nitrogens with one attached hydrogen (secondary N) is 2. The zero-order valence-corrected chi connectivity index (χ0v) is 15.1. The van der Waals surface area contributed by atoms with Crippen LogP contribution in [-0.4, -0.2) is 32.6 Å². The maximum Gasteiger partial charge on any atom is 0.329 e. The van der Waals surface area contributed by atoms with Crippen molar-refractivity contribution in [2.24, 2.45) is 0 Å². The van der Waals surface area contributed by atoms with Crippen LogP contribution in [0.1, 0.15) is 18.5 Å². The molecule has 8 heteroatoms. The highest BCUT2D eigenvalue weighted by Crippen LogP contribution is 2.14. The van der Waals surface area contributed by atoms with E-state index in [4.69, 9.17) is 5.11 Å². The number of hydrogen-bond acceptors (Lipinski definition) is 4. The van der Waals surface area contributed by atoms with Crippen molar-refractivity contribution in [2.75, 3.05) is 0 Å². The van der Waals surface area contributed by atoms with E-state index in [9.17, 15) is 19.2 Å². The molecular weight excluding hydrogens is 362 g/mol. The predicted octanol–water partition coefficient (Wildman–Crippen LogP) is 1.06. The molecule has 2 aromatic carbocycles. The van der Waals surface area contributed by atoms with E-state index in [1.165, 1.54) is 6.92 Å². The van der Waals surface area contributed by atoms with E-state index in [2.05, 4.69) is 10.3 Å². The van der Waals surface area contributed by atoms with Crippen molar-refractivity contribution in [2.45, 2.75) is 25.4 Å². The average Bonchev–Trinajstić information content (AvgIpc) is 2.67. The minimum Gasteiger partial charge on any atom is -0.480 e. The summed E-state index contributed by atoms with van der Waals surface area (Å²) in [5.74, 6) is -1.94. The summed E-state index contributed by atoms with van der Waals surface area (Å²) in [6.45, 7) is 1.31. The Morgan fingerprint density at radius 3 is 2.39 bits per heavy atom. The average molecular weight is 381 g/mol. The van der Waals surface area contributed by atoms with Crippen LogP contribution in [0.2, 0.25) is 0 Å². The minimum atomic E-state index is -1.22. The molecule has 1 amide bonds. The number of rotatable bonds is 6. The smallest absolute Gasteiger partial charge is 0.329 e. The van der Waals surface area contributed by atoms with Gasteiger partial charge in [0.05, 0.1) is 10.9 Å². The zero-order valence-electron chi connectivity index (χ0n) is 15.1. The molecule has 8 nitrogen and oxygen atoms in total. The van der Waals surface area contributed by atoms with Gasteiger partial charge in [-0.3, -0.25) is 14.4 Å². The van der Waals surface area contributed by atoms with E-state index in [1.54, 1.807) is 54.6 Å². The summed E-state index contributed by atoms with van der Waals surface area (Å²) in [5.41, 5.74) is -0.252. The Labute approximate surface area is 159 Å². The molecule has 2 unspecified atom stereocenters. The molecule has 0 radical (unpaired) electrons.